The highest BCUT2D eigenvalue weighted by molar-refractivity contribution is 9.10. The molecule has 0 spiro atoms. The van der Waals surface area contributed by atoms with Crippen LogP contribution < -0.4 is 10.5 Å². The third-order valence-electron chi connectivity index (χ3n) is 6.85. The van der Waals surface area contributed by atoms with E-state index in [1.54, 1.807) is 6.07 Å². The molecule has 9 heteroatoms. The van der Waals surface area contributed by atoms with Gasteiger partial charge in [-0.15, -0.1) is 0 Å². The lowest BCUT2D eigenvalue weighted by Gasteiger charge is -2.36. The summed E-state index contributed by atoms with van der Waals surface area (Å²) in [6.45, 7) is 7.95. The Hall–Kier alpha value is -3.01. The van der Waals surface area contributed by atoms with Gasteiger partial charge in [-0.05, 0) is 33.6 Å². The van der Waals surface area contributed by atoms with Crippen molar-refractivity contribution in [2.24, 2.45) is 0 Å². The molecule has 0 aliphatic carbocycles. The Labute approximate surface area is 219 Å². The number of hydrogen-bond donors (Lipinski definition) is 1. The predicted molar refractivity (Wildman–Crippen MR) is 144 cm³/mol. The van der Waals surface area contributed by atoms with E-state index in [0.717, 1.165) is 42.9 Å². The maximum absolute atomic E-state index is 12.9. The second-order valence-corrected chi connectivity index (χ2v) is 10.2. The number of hydrogen-bond acceptors (Lipinski definition) is 6. The Bertz CT molecular complexity index is 1230. The van der Waals surface area contributed by atoms with Gasteiger partial charge in [0.2, 0.25) is 5.95 Å². The van der Waals surface area contributed by atoms with Crippen LogP contribution in [-0.2, 0) is 13.1 Å². The summed E-state index contributed by atoms with van der Waals surface area (Å²) in [5.41, 5.74) is 2.66. The van der Waals surface area contributed by atoms with Gasteiger partial charge in [0.1, 0.15) is 0 Å². The minimum absolute atomic E-state index is 0.0173. The summed E-state index contributed by atoms with van der Waals surface area (Å²) in [6, 6.07) is 19.7. The number of benzene rings is 2. The van der Waals surface area contributed by atoms with Crippen LogP contribution in [0.1, 0.15) is 21.6 Å². The topological polar surface area (TPSA) is 75.8 Å². The van der Waals surface area contributed by atoms with Crippen molar-refractivity contribution in [3.8, 4) is 0 Å². The van der Waals surface area contributed by atoms with Crippen LogP contribution in [0, 0.1) is 0 Å². The molecule has 1 aromatic heterocycles. The van der Waals surface area contributed by atoms with Gasteiger partial charge < -0.3 is 9.80 Å². The van der Waals surface area contributed by atoms with E-state index < -0.39 is 0 Å². The van der Waals surface area contributed by atoms with Gasteiger partial charge in [0, 0.05) is 76.0 Å². The van der Waals surface area contributed by atoms with Crippen molar-refractivity contribution < 1.29 is 4.79 Å². The average Bonchev–Trinajstić information content (AvgIpc) is 2.90. The molecule has 0 radical (unpaired) electrons. The number of piperazine rings is 2. The van der Waals surface area contributed by atoms with Crippen molar-refractivity contribution in [1.82, 2.24) is 24.7 Å². The second kappa shape index (κ2) is 11.4. The molecule has 0 bridgehead atoms. The molecule has 0 atom stereocenters. The van der Waals surface area contributed by atoms with Gasteiger partial charge in [0.15, 0.2) is 0 Å². The molecule has 2 aromatic carbocycles. The molecule has 36 heavy (non-hydrogen) atoms. The van der Waals surface area contributed by atoms with E-state index >= 15 is 0 Å². The normalized spacial score (nSPS) is 17.4. The fraction of sp³-hybridized carbons (Fsp3) is 0.370. The highest BCUT2D eigenvalue weighted by Crippen LogP contribution is 2.20. The molecule has 2 saturated heterocycles. The summed E-state index contributed by atoms with van der Waals surface area (Å²) in [4.78, 5) is 41.8. The van der Waals surface area contributed by atoms with Crippen molar-refractivity contribution in [3.05, 3.63) is 92.3 Å². The molecule has 0 unspecified atom stereocenters. The fourth-order valence-electron chi connectivity index (χ4n) is 4.83. The van der Waals surface area contributed by atoms with Crippen LogP contribution in [0.5, 0.6) is 0 Å². The molecule has 2 fully saturated rings. The molecule has 2 aliphatic heterocycles. The minimum atomic E-state index is -0.135. The van der Waals surface area contributed by atoms with E-state index in [1.807, 2.05) is 35.2 Å². The number of aromatic amines is 1. The van der Waals surface area contributed by atoms with Crippen LogP contribution in [-0.4, -0.2) is 82.9 Å². The van der Waals surface area contributed by atoms with Gasteiger partial charge in [0.25, 0.3) is 11.5 Å². The maximum Gasteiger partial charge on any atom is 0.255 e. The van der Waals surface area contributed by atoms with E-state index in [4.69, 9.17) is 4.98 Å². The second-order valence-electron chi connectivity index (χ2n) is 9.36. The first-order valence-corrected chi connectivity index (χ1v) is 13.2. The van der Waals surface area contributed by atoms with Crippen LogP contribution >= 0.6 is 15.9 Å². The largest absolute Gasteiger partial charge is 0.339 e. The highest BCUT2D eigenvalue weighted by atomic mass is 79.9. The lowest BCUT2D eigenvalue weighted by atomic mass is 10.2. The summed E-state index contributed by atoms with van der Waals surface area (Å²) in [7, 11) is 0. The van der Waals surface area contributed by atoms with E-state index in [1.165, 1.54) is 5.56 Å². The number of aromatic nitrogens is 2. The third-order valence-corrected chi connectivity index (χ3v) is 7.54. The molecule has 3 heterocycles. The Morgan fingerprint density at radius 2 is 1.47 bits per heavy atom. The summed E-state index contributed by atoms with van der Waals surface area (Å²) in [5, 5.41) is 0. The van der Waals surface area contributed by atoms with Crippen molar-refractivity contribution >= 4 is 27.8 Å². The van der Waals surface area contributed by atoms with Gasteiger partial charge in [0.05, 0.1) is 11.3 Å². The zero-order valence-corrected chi connectivity index (χ0v) is 21.9. The number of anilines is 1. The molecular formula is C27H31BrN6O2. The number of amides is 1. The fourth-order valence-corrected chi connectivity index (χ4v) is 5.28. The van der Waals surface area contributed by atoms with Crippen LogP contribution in [0.3, 0.4) is 0 Å². The number of H-pyrrole nitrogens is 1. The Morgan fingerprint density at radius 3 is 2.17 bits per heavy atom. The molecule has 2 aliphatic rings. The molecule has 1 amide bonds. The SMILES string of the molecule is O=C(c1ccccc1Br)N1CCN(c2nc(CN3CCN(Cc4ccccc4)CC3)cc(=O)[nH]2)CC1. The Balaban J connectivity index is 1.15. The Kier molecular flexibility index (Phi) is 7.79. The standard InChI is InChI=1S/C27H31BrN6O2/c28-24-9-5-4-8-23(24)26(36)33-14-16-34(17-15-33)27-29-22(18-25(35)30-27)20-32-12-10-31(11-13-32)19-21-6-2-1-3-7-21/h1-9,18H,10-17,19-20H2,(H,29,30,35). The van der Waals surface area contributed by atoms with Crippen molar-refractivity contribution in [3.63, 3.8) is 0 Å². The van der Waals surface area contributed by atoms with Crippen molar-refractivity contribution in [2.75, 3.05) is 57.3 Å². The lowest BCUT2D eigenvalue weighted by molar-refractivity contribution is 0.0745. The van der Waals surface area contributed by atoms with Gasteiger partial charge in [-0.2, -0.15) is 0 Å². The molecule has 0 saturated carbocycles. The van der Waals surface area contributed by atoms with Crippen LogP contribution in [0.4, 0.5) is 5.95 Å². The summed E-state index contributed by atoms with van der Waals surface area (Å²) in [6.07, 6.45) is 0. The van der Waals surface area contributed by atoms with Crippen molar-refractivity contribution in [2.45, 2.75) is 13.1 Å². The zero-order valence-electron chi connectivity index (χ0n) is 20.3. The highest BCUT2D eigenvalue weighted by Gasteiger charge is 2.25. The minimum Gasteiger partial charge on any atom is -0.339 e. The van der Waals surface area contributed by atoms with Crippen molar-refractivity contribution in [1.29, 1.82) is 0 Å². The summed E-state index contributed by atoms with van der Waals surface area (Å²) in [5.74, 6) is 0.608. The maximum atomic E-state index is 12.9. The average molecular weight is 551 g/mol. The predicted octanol–water partition coefficient (Wildman–Crippen LogP) is 2.81. The number of nitrogens with one attached hydrogen (secondary N) is 1. The molecule has 188 valence electrons. The first kappa shape index (κ1) is 24.7. The van der Waals surface area contributed by atoms with E-state index in [0.29, 0.717) is 44.2 Å². The number of carbonyl (C=O) groups excluding carboxylic acids is 1. The lowest BCUT2D eigenvalue weighted by Crippen LogP contribution is -2.49. The number of nitrogens with zero attached hydrogens (tertiary/aromatic N) is 5. The van der Waals surface area contributed by atoms with Crippen LogP contribution in [0.25, 0.3) is 0 Å². The van der Waals surface area contributed by atoms with Gasteiger partial charge in [-0.3, -0.25) is 24.4 Å². The first-order chi connectivity index (χ1) is 17.5. The molecule has 1 N–H and O–H groups in total. The first-order valence-electron chi connectivity index (χ1n) is 12.4. The molecule has 5 rings (SSSR count). The third kappa shape index (κ3) is 6.03. The zero-order chi connectivity index (χ0) is 24.9. The van der Waals surface area contributed by atoms with E-state index in [2.05, 4.69) is 59.9 Å². The molecular weight excluding hydrogens is 520 g/mol. The van der Waals surface area contributed by atoms with Crippen LogP contribution in [0.2, 0.25) is 0 Å². The summed E-state index contributed by atoms with van der Waals surface area (Å²) >= 11 is 3.47. The molecule has 8 nitrogen and oxygen atoms in total. The monoisotopic (exact) mass is 550 g/mol. The number of rotatable bonds is 6. The number of carbonyl (C=O) groups is 1. The van der Waals surface area contributed by atoms with Gasteiger partial charge >= 0.3 is 0 Å². The van der Waals surface area contributed by atoms with Gasteiger partial charge in [-0.1, -0.05) is 42.5 Å². The van der Waals surface area contributed by atoms with E-state index in [9.17, 15) is 9.59 Å². The molecule has 3 aromatic rings. The number of halogens is 1. The van der Waals surface area contributed by atoms with Gasteiger partial charge in [-0.25, -0.2) is 4.98 Å². The van der Waals surface area contributed by atoms with E-state index in [-0.39, 0.29) is 11.5 Å². The van der Waals surface area contributed by atoms with Crippen LogP contribution in [0.15, 0.2) is 69.9 Å². The quantitative estimate of drug-likeness (QED) is 0.508. The summed E-state index contributed by atoms with van der Waals surface area (Å²) < 4.78 is 0.803. The Morgan fingerprint density at radius 1 is 0.833 bits per heavy atom. The smallest absolute Gasteiger partial charge is 0.255 e.